The van der Waals surface area contributed by atoms with Gasteiger partial charge in [-0.15, -0.1) is 6.58 Å². The SMILES string of the molecule is C=CC[C@@H]1C=CC[C@](C)(c2ccccc2)O1. The highest BCUT2D eigenvalue weighted by Crippen LogP contribution is 2.34. The van der Waals surface area contributed by atoms with E-state index < -0.39 is 0 Å². The van der Waals surface area contributed by atoms with E-state index in [1.807, 2.05) is 12.1 Å². The van der Waals surface area contributed by atoms with Crippen LogP contribution < -0.4 is 0 Å². The van der Waals surface area contributed by atoms with E-state index in [2.05, 4.69) is 49.9 Å². The molecule has 1 heteroatoms. The summed E-state index contributed by atoms with van der Waals surface area (Å²) in [5.41, 5.74) is 1.05. The molecule has 0 aromatic heterocycles. The van der Waals surface area contributed by atoms with Crippen LogP contribution in [-0.2, 0) is 10.3 Å². The zero-order valence-corrected chi connectivity index (χ0v) is 9.73. The molecule has 1 aromatic rings. The van der Waals surface area contributed by atoms with E-state index in [1.165, 1.54) is 5.56 Å². The quantitative estimate of drug-likeness (QED) is 0.695. The third kappa shape index (κ3) is 2.25. The Labute approximate surface area is 97.4 Å². The maximum atomic E-state index is 6.14. The van der Waals surface area contributed by atoms with E-state index in [0.717, 1.165) is 12.8 Å². The zero-order valence-electron chi connectivity index (χ0n) is 9.73. The van der Waals surface area contributed by atoms with Gasteiger partial charge in [0.1, 0.15) is 0 Å². The van der Waals surface area contributed by atoms with Crippen LogP contribution in [0.15, 0.2) is 55.1 Å². The Balaban J connectivity index is 2.20. The molecule has 16 heavy (non-hydrogen) atoms. The predicted molar refractivity (Wildman–Crippen MR) is 67.2 cm³/mol. The van der Waals surface area contributed by atoms with Gasteiger partial charge in [-0.2, -0.15) is 0 Å². The van der Waals surface area contributed by atoms with Crippen molar-refractivity contribution >= 4 is 0 Å². The molecule has 2 atom stereocenters. The van der Waals surface area contributed by atoms with Gasteiger partial charge in [0.15, 0.2) is 0 Å². The molecule has 0 unspecified atom stereocenters. The standard InChI is InChI=1S/C15H18O/c1-3-8-14-11-7-12-15(2,16-14)13-9-5-4-6-10-13/h3-7,9-11,14H,1,8,12H2,2H3/t14-,15-/m1/s1. The molecule has 0 saturated carbocycles. The first-order chi connectivity index (χ1) is 7.74. The van der Waals surface area contributed by atoms with E-state index in [-0.39, 0.29) is 11.7 Å². The summed E-state index contributed by atoms with van der Waals surface area (Å²) in [6, 6.07) is 10.4. The van der Waals surface area contributed by atoms with Crippen molar-refractivity contribution in [1.82, 2.24) is 0 Å². The van der Waals surface area contributed by atoms with Crippen LogP contribution in [0.5, 0.6) is 0 Å². The van der Waals surface area contributed by atoms with Gasteiger partial charge in [0.05, 0.1) is 11.7 Å². The molecule has 1 aliphatic rings. The molecule has 0 bridgehead atoms. The molecule has 84 valence electrons. The monoisotopic (exact) mass is 214 g/mol. The van der Waals surface area contributed by atoms with Crippen molar-refractivity contribution in [2.75, 3.05) is 0 Å². The molecule has 1 nitrogen and oxygen atoms in total. The van der Waals surface area contributed by atoms with Crippen LogP contribution in [0.1, 0.15) is 25.3 Å². The Morgan fingerprint density at radius 3 is 2.88 bits per heavy atom. The van der Waals surface area contributed by atoms with Gasteiger partial charge in [0, 0.05) is 0 Å². The van der Waals surface area contributed by atoms with Gasteiger partial charge in [0.25, 0.3) is 0 Å². The molecule has 0 amide bonds. The van der Waals surface area contributed by atoms with Crippen molar-refractivity contribution in [3.05, 3.63) is 60.7 Å². The summed E-state index contributed by atoms with van der Waals surface area (Å²) in [7, 11) is 0. The average Bonchev–Trinajstić information content (AvgIpc) is 2.31. The number of rotatable bonds is 3. The maximum Gasteiger partial charge on any atom is 0.0945 e. The van der Waals surface area contributed by atoms with E-state index >= 15 is 0 Å². The van der Waals surface area contributed by atoms with Crippen LogP contribution in [0.25, 0.3) is 0 Å². The summed E-state index contributed by atoms with van der Waals surface area (Å²) in [4.78, 5) is 0. The van der Waals surface area contributed by atoms with Gasteiger partial charge in [0.2, 0.25) is 0 Å². The molecule has 0 spiro atoms. The van der Waals surface area contributed by atoms with Crippen molar-refractivity contribution < 1.29 is 4.74 Å². The summed E-state index contributed by atoms with van der Waals surface area (Å²) >= 11 is 0. The molecule has 2 rings (SSSR count). The molecular weight excluding hydrogens is 196 g/mol. The van der Waals surface area contributed by atoms with Crippen molar-refractivity contribution in [2.45, 2.75) is 31.5 Å². The van der Waals surface area contributed by atoms with Gasteiger partial charge in [-0.3, -0.25) is 0 Å². The van der Waals surface area contributed by atoms with Crippen LogP contribution in [0.4, 0.5) is 0 Å². The van der Waals surface area contributed by atoms with Gasteiger partial charge < -0.3 is 4.74 Å². The highest BCUT2D eigenvalue weighted by Gasteiger charge is 2.31. The molecule has 0 aliphatic carbocycles. The van der Waals surface area contributed by atoms with Crippen molar-refractivity contribution in [3.8, 4) is 0 Å². The predicted octanol–water partition coefficient (Wildman–Crippen LogP) is 3.82. The van der Waals surface area contributed by atoms with E-state index in [1.54, 1.807) is 0 Å². The summed E-state index contributed by atoms with van der Waals surface area (Å²) in [5, 5.41) is 0. The molecule has 1 aromatic carbocycles. The first-order valence-electron chi connectivity index (χ1n) is 5.75. The fourth-order valence-corrected chi connectivity index (χ4v) is 2.13. The maximum absolute atomic E-state index is 6.14. The molecule has 1 heterocycles. The van der Waals surface area contributed by atoms with Crippen molar-refractivity contribution in [3.63, 3.8) is 0 Å². The summed E-state index contributed by atoms with van der Waals surface area (Å²) in [6.07, 6.45) is 8.23. The normalized spacial score (nSPS) is 28.9. The highest BCUT2D eigenvalue weighted by molar-refractivity contribution is 5.24. The van der Waals surface area contributed by atoms with Crippen molar-refractivity contribution in [2.24, 2.45) is 0 Å². The summed E-state index contributed by atoms with van der Waals surface area (Å²) < 4.78 is 6.14. The Hall–Kier alpha value is -1.34. The minimum absolute atomic E-state index is 0.163. The molecule has 0 saturated heterocycles. The number of hydrogen-bond acceptors (Lipinski definition) is 1. The zero-order chi connectivity index (χ0) is 11.4. The Morgan fingerprint density at radius 2 is 2.19 bits per heavy atom. The summed E-state index contributed by atoms with van der Waals surface area (Å²) in [6.45, 7) is 5.92. The molecule has 0 radical (unpaired) electrons. The van der Waals surface area contributed by atoms with Crippen LogP contribution in [0.3, 0.4) is 0 Å². The lowest BCUT2D eigenvalue weighted by Crippen LogP contribution is -2.32. The fourth-order valence-electron chi connectivity index (χ4n) is 2.13. The second kappa shape index (κ2) is 4.67. The second-order valence-corrected chi connectivity index (χ2v) is 4.41. The molecular formula is C15H18O. The van der Waals surface area contributed by atoms with Crippen LogP contribution in [-0.4, -0.2) is 6.10 Å². The number of ether oxygens (including phenoxy) is 1. The molecule has 0 N–H and O–H groups in total. The number of hydrogen-bond donors (Lipinski definition) is 0. The van der Waals surface area contributed by atoms with Crippen LogP contribution in [0.2, 0.25) is 0 Å². The van der Waals surface area contributed by atoms with Gasteiger partial charge in [-0.1, -0.05) is 48.6 Å². The minimum atomic E-state index is -0.191. The average molecular weight is 214 g/mol. The topological polar surface area (TPSA) is 9.23 Å². The summed E-state index contributed by atoms with van der Waals surface area (Å²) in [5.74, 6) is 0. The van der Waals surface area contributed by atoms with E-state index in [9.17, 15) is 0 Å². The third-order valence-corrected chi connectivity index (χ3v) is 3.05. The third-order valence-electron chi connectivity index (χ3n) is 3.05. The van der Waals surface area contributed by atoms with Gasteiger partial charge in [-0.05, 0) is 25.3 Å². The van der Waals surface area contributed by atoms with Gasteiger partial charge >= 0.3 is 0 Å². The highest BCUT2D eigenvalue weighted by atomic mass is 16.5. The first kappa shape index (κ1) is 11.2. The van der Waals surface area contributed by atoms with Crippen molar-refractivity contribution in [1.29, 1.82) is 0 Å². The lowest BCUT2D eigenvalue weighted by atomic mass is 9.89. The lowest BCUT2D eigenvalue weighted by Gasteiger charge is -2.35. The van der Waals surface area contributed by atoms with Gasteiger partial charge in [-0.25, -0.2) is 0 Å². The van der Waals surface area contributed by atoms with Crippen LogP contribution in [0, 0.1) is 0 Å². The smallest absolute Gasteiger partial charge is 0.0945 e. The molecule has 1 aliphatic heterocycles. The van der Waals surface area contributed by atoms with E-state index in [4.69, 9.17) is 4.74 Å². The first-order valence-corrected chi connectivity index (χ1v) is 5.75. The van der Waals surface area contributed by atoms with Crippen LogP contribution >= 0.6 is 0 Å². The molecule has 0 fully saturated rings. The Kier molecular flexibility index (Phi) is 3.25. The minimum Gasteiger partial charge on any atom is -0.363 e. The second-order valence-electron chi connectivity index (χ2n) is 4.41. The Morgan fingerprint density at radius 1 is 1.44 bits per heavy atom. The van der Waals surface area contributed by atoms with E-state index in [0.29, 0.717) is 0 Å². The Bertz CT molecular complexity index is 380. The fraction of sp³-hybridized carbons (Fsp3) is 0.333. The largest absolute Gasteiger partial charge is 0.363 e. The lowest BCUT2D eigenvalue weighted by molar-refractivity contribution is -0.0735. The number of benzene rings is 1.